The molecule has 0 saturated carbocycles. The first-order valence-electron chi connectivity index (χ1n) is 4.94. The Morgan fingerprint density at radius 1 is 1.71 bits per heavy atom. The molecule has 0 spiro atoms. The van der Waals surface area contributed by atoms with Crippen molar-refractivity contribution in [2.24, 2.45) is 7.05 Å². The van der Waals surface area contributed by atoms with Crippen molar-refractivity contribution in [1.29, 1.82) is 0 Å². The van der Waals surface area contributed by atoms with Crippen molar-refractivity contribution >= 4 is 11.7 Å². The topological polar surface area (TPSA) is 82.2 Å². The quantitative estimate of drug-likeness (QED) is 0.695. The minimum Gasteiger partial charge on any atom is -0.383 e. The second-order valence-electron chi connectivity index (χ2n) is 3.29. The predicted octanol–water partition coefficient (Wildman–Crippen LogP) is 0.0138. The molecule has 0 atom stereocenters. The molecule has 6 nitrogen and oxygen atoms in total. The first-order chi connectivity index (χ1) is 8.02. The van der Waals surface area contributed by atoms with E-state index in [9.17, 15) is 13.6 Å². The van der Waals surface area contributed by atoms with Gasteiger partial charge in [0.2, 0.25) is 0 Å². The highest BCUT2D eigenvalue weighted by atomic mass is 19.3. The smallest absolute Gasteiger partial charge is 0.261 e. The lowest BCUT2D eigenvalue weighted by atomic mass is 10.3. The minimum absolute atomic E-state index is 0.0241. The van der Waals surface area contributed by atoms with E-state index in [1.165, 1.54) is 10.9 Å². The van der Waals surface area contributed by atoms with Gasteiger partial charge in [-0.1, -0.05) is 0 Å². The zero-order chi connectivity index (χ0) is 12.8. The van der Waals surface area contributed by atoms with Gasteiger partial charge in [-0.15, -0.1) is 0 Å². The molecule has 0 fully saturated rings. The van der Waals surface area contributed by atoms with Crippen LogP contribution in [-0.2, 0) is 11.8 Å². The van der Waals surface area contributed by atoms with E-state index in [0.717, 1.165) is 0 Å². The summed E-state index contributed by atoms with van der Waals surface area (Å²) < 4.78 is 29.4. The molecule has 0 bridgehead atoms. The Bertz CT molecular complexity index is 381. The van der Waals surface area contributed by atoms with Gasteiger partial charge >= 0.3 is 0 Å². The van der Waals surface area contributed by atoms with Gasteiger partial charge in [0.15, 0.2) is 0 Å². The van der Waals surface area contributed by atoms with Crippen molar-refractivity contribution in [3.05, 3.63) is 11.8 Å². The Labute approximate surface area is 96.7 Å². The molecule has 1 aromatic rings. The summed E-state index contributed by atoms with van der Waals surface area (Å²) in [7, 11) is 1.61. The van der Waals surface area contributed by atoms with Crippen LogP contribution < -0.4 is 11.1 Å². The van der Waals surface area contributed by atoms with E-state index in [1.807, 2.05) is 0 Å². The molecule has 0 radical (unpaired) electrons. The number of carbonyl (C=O) groups excluding carboxylic acids is 1. The van der Waals surface area contributed by atoms with Crippen LogP contribution in [0.2, 0.25) is 0 Å². The second kappa shape index (κ2) is 6.14. The molecule has 1 amide bonds. The van der Waals surface area contributed by atoms with E-state index in [2.05, 4.69) is 15.2 Å². The zero-order valence-electron chi connectivity index (χ0n) is 9.32. The number of halogens is 2. The van der Waals surface area contributed by atoms with Crippen LogP contribution in [0.1, 0.15) is 10.4 Å². The Balaban J connectivity index is 2.28. The summed E-state index contributed by atoms with van der Waals surface area (Å²) >= 11 is 0. The Hall–Kier alpha value is -1.70. The SMILES string of the molecule is Cn1ncc(C(=O)NCCOCC(F)F)c1N. The maximum absolute atomic E-state index is 11.7. The van der Waals surface area contributed by atoms with Crippen molar-refractivity contribution in [2.45, 2.75) is 6.43 Å². The van der Waals surface area contributed by atoms with Gasteiger partial charge in [-0.25, -0.2) is 8.78 Å². The summed E-state index contributed by atoms with van der Waals surface area (Å²) in [6.45, 7) is -0.471. The summed E-state index contributed by atoms with van der Waals surface area (Å²) in [6, 6.07) is 0. The van der Waals surface area contributed by atoms with E-state index in [4.69, 9.17) is 5.73 Å². The number of ether oxygens (including phenoxy) is 1. The molecule has 3 N–H and O–H groups in total. The Morgan fingerprint density at radius 3 is 2.94 bits per heavy atom. The Kier molecular flexibility index (Phi) is 4.83. The van der Waals surface area contributed by atoms with E-state index < -0.39 is 18.9 Å². The molecule has 1 heterocycles. The molecule has 96 valence electrons. The largest absolute Gasteiger partial charge is 0.383 e. The van der Waals surface area contributed by atoms with Gasteiger partial charge in [0.05, 0.1) is 12.8 Å². The number of hydrogen-bond acceptors (Lipinski definition) is 4. The maximum atomic E-state index is 11.7. The molecule has 1 rings (SSSR count). The number of amides is 1. The number of anilines is 1. The number of hydrogen-bond donors (Lipinski definition) is 2. The number of carbonyl (C=O) groups is 1. The monoisotopic (exact) mass is 248 g/mol. The van der Waals surface area contributed by atoms with Crippen LogP contribution in [-0.4, -0.2) is 41.9 Å². The van der Waals surface area contributed by atoms with Crippen LogP contribution in [0, 0.1) is 0 Å². The Morgan fingerprint density at radius 2 is 2.41 bits per heavy atom. The van der Waals surface area contributed by atoms with Crippen molar-refractivity contribution < 1.29 is 18.3 Å². The highest BCUT2D eigenvalue weighted by Crippen LogP contribution is 2.08. The lowest BCUT2D eigenvalue weighted by Gasteiger charge is -2.05. The van der Waals surface area contributed by atoms with Crippen LogP contribution >= 0.6 is 0 Å². The third-order valence-electron chi connectivity index (χ3n) is 2.01. The van der Waals surface area contributed by atoms with Crippen LogP contribution in [0.4, 0.5) is 14.6 Å². The van der Waals surface area contributed by atoms with Gasteiger partial charge in [0.25, 0.3) is 12.3 Å². The van der Waals surface area contributed by atoms with Gasteiger partial charge in [-0.3, -0.25) is 9.48 Å². The molecule has 1 aromatic heterocycles. The number of nitrogens with two attached hydrogens (primary N) is 1. The molecule has 8 heteroatoms. The number of nitrogens with zero attached hydrogens (tertiary/aromatic N) is 2. The second-order valence-corrected chi connectivity index (χ2v) is 3.29. The number of rotatable bonds is 6. The fourth-order valence-electron chi connectivity index (χ4n) is 1.13. The summed E-state index contributed by atoms with van der Waals surface area (Å²) in [5, 5.41) is 6.29. The van der Waals surface area contributed by atoms with Gasteiger partial charge < -0.3 is 15.8 Å². The highest BCUT2D eigenvalue weighted by Gasteiger charge is 2.12. The molecule has 0 aliphatic carbocycles. The fraction of sp³-hybridized carbons (Fsp3) is 0.556. The molecule has 0 aliphatic rings. The first-order valence-corrected chi connectivity index (χ1v) is 4.94. The molecule has 0 aromatic carbocycles. The minimum atomic E-state index is -2.50. The normalized spacial score (nSPS) is 10.8. The van der Waals surface area contributed by atoms with Gasteiger partial charge in [0.1, 0.15) is 18.0 Å². The highest BCUT2D eigenvalue weighted by molar-refractivity contribution is 5.98. The fourth-order valence-corrected chi connectivity index (χ4v) is 1.13. The summed E-state index contributed by atoms with van der Waals surface area (Å²) in [4.78, 5) is 11.5. The standard InChI is InChI=1S/C9H14F2N4O2/c1-15-8(12)6(4-14-15)9(16)13-2-3-17-5-7(10)11/h4,7H,2-3,5,12H2,1H3,(H,13,16). The molecular weight excluding hydrogens is 234 g/mol. The third-order valence-corrected chi connectivity index (χ3v) is 2.01. The number of alkyl halides is 2. The number of nitrogens with one attached hydrogen (secondary N) is 1. The summed E-state index contributed by atoms with van der Waals surface area (Å²) in [6.07, 6.45) is -1.16. The van der Waals surface area contributed by atoms with E-state index in [0.29, 0.717) is 0 Å². The third kappa shape index (κ3) is 3.99. The van der Waals surface area contributed by atoms with Crippen LogP contribution in [0.5, 0.6) is 0 Å². The van der Waals surface area contributed by atoms with E-state index >= 15 is 0 Å². The average Bonchev–Trinajstić information content (AvgIpc) is 2.59. The molecule has 0 unspecified atom stereocenters. The lowest BCUT2D eigenvalue weighted by molar-refractivity contribution is 0.0188. The van der Waals surface area contributed by atoms with Crippen molar-refractivity contribution in [3.8, 4) is 0 Å². The first kappa shape index (κ1) is 13.4. The number of aromatic nitrogens is 2. The number of nitrogen functional groups attached to an aromatic ring is 1. The van der Waals surface area contributed by atoms with Crippen molar-refractivity contribution in [2.75, 3.05) is 25.5 Å². The van der Waals surface area contributed by atoms with Gasteiger partial charge in [-0.2, -0.15) is 5.10 Å². The van der Waals surface area contributed by atoms with E-state index in [-0.39, 0.29) is 24.5 Å². The van der Waals surface area contributed by atoms with E-state index in [1.54, 1.807) is 7.05 Å². The predicted molar refractivity (Wildman–Crippen MR) is 56.8 cm³/mol. The summed E-state index contributed by atoms with van der Waals surface area (Å²) in [5.74, 6) is -0.160. The molecule has 0 saturated heterocycles. The van der Waals surface area contributed by atoms with Crippen LogP contribution in [0.25, 0.3) is 0 Å². The van der Waals surface area contributed by atoms with Crippen LogP contribution in [0.15, 0.2) is 6.20 Å². The lowest BCUT2D eigenvalue weighted by Crippen LogP contribution is -2.28. The zero-order valence-corrected chi connectivity index (χ0v) is 9.32. The number of aryl methyl sites for hydroxylation is 1. The summed E-state index contributed by atoms with van der Waals surface area (Å²) in [5.41, 5.74) is 5.83. The van der Waals surface area contributed by atoms with Gasteiger partial charge in [0, 0.05) is 13.6 Å². The van der Waals surface area contributed by atoms with Crippen LogP contribution in [0.3, 0.4) is 0 Å². The molecule has 0 aliphatic heterocycles. The molecule has 17 heavy (non-hydrogen) atoms. The average molecular weight is 248 g/mol. The van der Waals surface area contributed by atoms with Gasteiger partial charge in [-0.05, 0) is 0 Å². The maximum Gasteiger partial charge on any atom is 0.261 e. The molecular formula is C9H14F2N4O2. The van der Waals surface area contributed by atoms with Crippen molar-refractivity contribution in [1.82, 2.24) is 15.1 Å². The van der Waals surface area contributed by atoms with Crippen molar-refractivity contribution in [3.63, 3.8) is 0 Å².